The Morgan fingerprint density at radius 1 is 0.967 bits per heavy atom. The summed E-state index contributed by atoms with van der Waals surface area (Å²) in [6.45, 7) is 0. The summed E-state index contributed by atoms with van der Waals surface area (Å²) >= 11 is -1.28. The molecule has 0 bridgehead atoms. The quantitative estimate of drug-likeness (QED) is 0.515. The first-order valence-electron chi connectivity index (χ1n) is 9.96. The highest BCUT2D eigenvalue weighted by molar-refractivity contribution is 7.91. The van der Waals surface area contributed by atoms with Crippen molar-refractivity contribution < 1.29 is 4.55 Å². The van der Waals surface area contributed by atoms with E-state index in [1.807, 2.05) is 12.1 Å². The molecular formula is C24H20N2O3S. The zero-order valence-electron chi connectivity index (χ0n) is 16.2. The van der Waals surface area contributed by atoms with Gasteiger partial charge >= 0.3 is 5.69 Å². The molecule has 0 radical (unpaired) electrons. The number of rotatable bonds is 3. The SMILES string of the molecule is O=c1[nH]c2ccccc2c(=O)n1-c1cccc([S+]([O-])C2CCCc3ccccc32)c1. The van der Waals surface area contributed by atoms with Crippen LogP contribution in [-0.2, 0) is 17.6 Å². The zero-order chi connectivity index (χ0) is 20.7. The van der Waals surface area contributed by atoms with Crippen LogP contribution in [0.1, 0.15) is 29.2 Å². The van der Waals surface area contributed by atoms with E-state index in [2.05, 4.69) is 17.1 Å². The minimum Gasteiger partial charge on any atom is -0.611 e. The van der Waals surface area contributed by atoms with Crippen LogP contribution in [0.25, 0.3) is 16.6 Å². The van der Waals surface area contributed by atoms with Crippen molar-refractivity contribution in [3.63, 3.8) is 0 Å². The molecule has 0 amide bonds. The van der Waals surface area contributed by atoms with Crippen LogP contribution in [0.3, 0.4) is 0 Å². The number of nitrogens with one attached hydrogen (secondary N) is 1. The molecular weight excluding hydrogens is 396 g/mol. The second-order valence-corrected chi connectivity index (χ2v) is 9.13. The maximum Gasteiger partial charge on any atom is 0.333 e. The molecule has 6 heteroatoms. The molecule has 3 aromatic carbocycles. The first-order chi connectivity index (χ1) is 14.6. The van der Waals surface area contributed by atoms with Crippen molar-refractivity contribution in [3.05, 3.63) is 105 Å². The Labute approximate surface area is 176 Å². The van der Waals surface area contributed by atoms with Crippen molar-refractivity contribution >= 4 is 22.1 Å². The van der Waals surface area contributed by atoms with E-state index in [0.29, 0.717) is 21.5 Å². The number of aromatic nitrogens is 2. The summed E-state index contributed by atoms with van der Waals surface area (Å²) in [6.07, 6.45) is 2.85. The summed E-state index contributed by atoms with van der Waals surface area (Å²) in [5.74, 6) is 0. The lowest BCUT2D eigenvalue weighted by Gasteiger charge is -2.27. The fourth-order valence-corrected chi connectivity index (χ4v) is 5.86. The van der Waals surface area contributed by atoms with E-state index in [1.54, 1.807) is 48.5 Å². The Hall–Kier alpha value is -3.09. The molecule has 4 aromatic rings. The van der Waals surface area contributed by atoms with E-state index in [1.165, 1.54) is 5.56 Å². The molecule has 1 aliphatic carbocycles. The van der Waals surface area contributed by atoms with Crippen LogP contribution in [-0.4, -0.2) is 14.1 Å². The number of benzene rings is 3. The second kappa shape index (κ2) is 7.63. The lowest BCUT2D eigenvalue weighted by Crippen LogP contribution is -2.33. The van der Waals surface area contributed by atoms with Gasteiger partial charge in [0.05, 0.1) is 16.6 Å². The molecule has 1 aromatic heterocycles. The highest BCUT2D eigenvalue weighted by Crippen LogP contribution is 2.39. The number of nitrogens with zero attached hydrogens (tertiary/aromatic N) is 1. The molecule has 0 saturated carbocycles. The predicted molar refractivity (Wildman–Crippen MR) is 119 cm³/mol. The smallest absolute Gasteiger partial charge is 0.333 e. The number of hydrogen-bond donors (Lipinski definition) is 1. The van der Waals surface area contributed by atoms with E-state index in [0.717, 1.165) is 29.4 Å². The average Bonchev–Trinajstić information content (AvgIpc) is 2.78. The molecule has 1 N–H and O–H groups in total. The van der Waals surface area contributed by atoms with Crippen molar-refractivity contribution in [1.82, 2.24) is 9.55 Å². The first kappa shape index (κ1) is 18.9. The van der Waals surface area contributed by atoms with Gasteiger partial charge in [-0.3, -0.25) is 4.79 Å². The van der Waals surface area contributed by atoms with Gasteiger partial charge in [0.25, 0.3) is 5.56 Å². The van der Waals surface area contributed by atoms with Gasteiger partial charge in [0.2, 0.25) is 0 Å². The van der Waals surface area contributed by atoms with Crippen molar-refractivity contribution in [2.24, 2.45) is 0 Å². The Morgan fingerprint density at radius 2 is 1.77 bits per heavy atom. The van der Waals surface area contributed by atoms with Gasteiger partial charge in [0.1, 0.15) is 5.25 Å². The summed E-state index contributed by atoms with van der Waals surface area (Å²) < 4.78 is 14.6. The van der Waals surface area contributed by atoms with Crippen LogP contribution in [0.5, 0.6) is 0 Å². The third-order valence-electron chi connectivity index (χ3n) is 5.69. The number of hydrogen-bond acceptors (Lipinski definition) is 3. The molecule has 30 heavy (non-hydrogen) atoms. The van der Waals surface area contributed by atoms with Gasteiger partial charge in [0, 0.05) is 18.1 Å². The summed E-state index contributed by atoms with van der Waals surface area (Å²) in [5.41, 5.74) is 2.41. The molecule has 2 unspecified atom stereocenters. The number of aryl methyl sites for hydroxylation is 1. The van der Waals surface area contributed by atoms with Crippen molar-refractivity contribution in [1.29, 1.82) is 0 Å². The maximum absolute atomic E-state index is 13.5. The fraction of sp³-hybridized carbons (Fsp3) is 0.167. The Bertz CT molecular complexity index is 1360. The highest BCUT2D eigenvalue weighted by atomic mass is 32.2. The minimum absolute atomic E-state index is 0.0863. The van der Waals surface area contributed by atoms with Gasteiger partial charge in [-0.25, -0.2) is 9.36 Å². The van der Waals surface area contributed by atoms with Crippen LogP contribution in [0.15, 0.2) is 87.3 Å². The molecule has 5 nitrogen and oxygen atoms in total. The lowest BCUT2D eigenvalue weighted by molar-refractivity contribution is 0.559. The monoisotopic (exact) mass is 416 g/mol. The highest BCUT2D eigenvalue weighted by Gasteiger charge is 2.31. The zero-order valence-corrected chi connectivity index (χ0v) is 17.0. The molecule has 0 fully saturated rings. The third-order valence-corrected chi connectivity index (χ3v) is 7.41. The molecule has 1 heterocycles. The van der Waals surface area contributed by atoms with E-state index >= 15 is 0 Å². The predicted octanol–water partition coefficient (Wildman–Crippen LogP) is 3.86. The Kier molecular flexibility index (Phi) is 4.81. The maximum atomic E-state index is 13.5. The molecule has 0 saturated heterocycles. The summed E-state index contributed by atoms with van der Waals surface area (Å²) in [7, 11) is 0. The number of aromatic amines is 1. The fourth-order valence-electron chi connectivity index (χ4n) is 4.24. The summed E-state index contributed by atoms with van der Waals surface area (Å²) in [5, 5.41) is 0.349. The normalized spacial score (nSPS) is 16.9. The standard InChI is InChI=1S/C24H20N2O3S/c27-23-20-12-3-4-13-21(20)25-24(28)26(23)17-9-6-10-18(15-17)30(29)22-14-5-8-16-7-1-2-11-19(16)22/h1-4,6-7,9-13,15,22H,5,8,14H2,(H,25,28). The van der Waals surface area contributed by atoms with Gasteiger partial charge in [-0.2, -0.15) is 0 Å². The molecule has 5 rings (SSSR count). The van der Waals surface area contributed by atoms with Crippen molar-refractivity contribution in [3.8, 4) is 5.69 Å². The molecule has 0 spiro atoms. The van der Waals surface area contributed by atoms with Gasteiger partial charge in [-0.15, -0.1) is 0 Å². The number of para-hydroxylation sites is 1. The number of H-pyrrole nitrogens is 1. The van der Waals surface area contributed by atoms with Crippen molar-refractivity contribution in [2.75, 3.05) is 0 Å². The van der Waals surface area contributed by atoms with Gasteiger partial charge in [-0.05, 0) is 53.8 Å². The van der Waals surface area contributed by atoms with E-state index in [9.17, 15) is 14.1 Å². The van der Waals surface area contributed by atoms with Gasteiger partial charge < -0.3 is 9.54 Å². The molecule has 1 aliphatic rings. The van der Waals surface area contributed by atoms with E-state index in [-0.39, 0.29) is 10.8 Å². The molecule has 2 atom stereocenters. The number of fused-ring (bicyclic) bond motifs is 2. The van der Waals surface area contributed by atoms with E-state index < -0.39 is 16.9 Å². The van der Waals surface area contributed by atoms with Crippen LogP contribution in [0.4, 0.5) is 0 Å². The van der Waals surface area contributed by atoms with Crippen LogP contribution < -0.4 is 11.2 Å². The molecule has 0 aliphatic heterocycles. The third kappa shape index (κ3) is 3.18. The van der Waals surface area contributed by atoms with Gasteiger partial charge in [0.15, 0.2) is 4.90 Å². The van der Waals surface area contributed by atoms with Crippen molar-refractivity contribution in [2.45, 2.75) is 29.4 Å². The Morgan fingerprint density at radius 3 is 2.67 bits per heavy atom. The first-order valence-corrected chi connectivity index (χ1v) is 11.2. The summed E-state index contributed by atoms with van der Waals surface area (Å²) in [6, 6.07) is 22.0. The largest absolute Gasteiger partial charge is 0.611 e. The lowest BCUT2D eigenvalue weighted by atomic mass is 9.91. The van der Waals surface area contributed by atoms with E-state index in [4.69, 9.17) is 0 Å². The van der Waals surface area contributed by atoms with Crippen LogP contribution in [0, 0.1) is 0 Å². The summed E-state index contributed by atoms with van der Waals surface area (Å²) in [4.78, 5) is 29.0. The van der Waals surface area contributed by atoms with Gasteiger partial charge in [-0.1, -0.05) is 42.5 Å². The Balaban J connectivity index is 1.59. The topological polar surface area (TPSA) is 77.9 Å². The average molecular weight is 417 g/mol. The van der Waals surface area contributed by atoms with Crippen LogP contribution in [0.2, 0.25) is 0 Å². The van der Waals surface area contributed by atoms with Crippen LogP contribution >= 0.6 is 0 Å². The molecule has 150 valence electrons. The minimum atomic E-state index is -1.28. The second-order valence-electron chi connectivity index (χ2n) is 7.49.